The zero-order chi connectivity index (χ0) is 14.8. The number of hydrogen-bond donors (Lipinski definition) is 0. The molecule has 2 unspecified atom stereocenters. The summed E-state index contributed by atoms with van der Waals surface area (Å²) in [6.07, 6.45) is 3.09. The van der Waals surface area contributed by atoms with E-state index in [1.165, 1.54) is 17.7 Å². The van der Waals surface area contributed by atoms with Crippen LogP contribution in [0, 0.1) is 6.92 Å². The van der Waals surface area contributed by atoms with Crippen molar-refractivity contribution in [2.45, 2.75) is 32.2 Å². The molecule has 1 aromatic carbocycles. The molecule has 1 aromatic heterocycles. The molecule has 0 N–H and O–H groups in total. The highest BCUT2D eigenvalue weighted by molar-refractivity contribution is 5.50. The molecule has 2 heterocycles. The SMILES string of the molecule is COc1ccc(C2CC(C)N(c3ccnc(C)c3)C2)cc1. The smallest absolute Gasteiger partial charge is 0.118 e. The maximum absolute atomic E-state index is 5.24. The molecule has 1 saturated heterocycles. The lowest BCUT2D eigenvalue weighted by atomic mass is 9.97. The molecular formula is C18H22N2O. The van der Waals surface area contributed by atoms with Gasteiger partial charge in [-0.3, -0.25) is 4.98 Å². The van der Waals surface area contributed by atoms with Gasteiger partial charge in [-0.2, -0.15) is 0 Å². The van der Waals surface area contributed by atoms with Gasteiger partial charge in [0.15, 0.2) is 0 Å². The van der Waals surface area contributed by atoms with Crippen LogP contribution in [0.2, 0.25) is 0 Å². The number of aryl methyl sites for hydroxylation is 1. The number of ether oxygens (including phenoxy) is 1. The first kappa shape index (κ1) is 13.9. The fourth-order valence-corrected chi connectivity index (χ4v) is 3.22. The van der Waals surface area contributed by atoms with Crippen molar-refractivity contribution >= 4 is 5.69 Å². The maximum Gasteiger partial charge on any atom is 0.118 e. The zero-order valence-electron chi connectivity index (χ0n) is 12.9. The largest absolute Gasteiger partial charge is 0.497 e. The summed E-state index contributed by atoms with van der Waals surface area (Å²) in [5.41, 5.74) is 3.76. The van der Waals surface area contributed by atoms with E-state index in [9.17, 15) is 0 Å². The third kappa shape index (κ3) is 2.87. The second-order valence-corrected chi connectivity index (χ2v) is 5.86. The molecule has 2 aromatic rings. The van der Waals surface area contributed by atoms with Crippen LogP contribution in [-0.2, 0) is 0 Å². The predicted molar refractivity (Wildman–Crippen MR) is 86.1 cm³/mol. The van der Waals surface area contributed by atoms with Gasteiger partial charge in [0.05, 0.1) is 7.11 Å². The summed E-state index contributed by atoms with van der Waals surface area (Å²) in [5.74, 6) is 1.51. The van der Waals surface area contributed by atoms with Gasteiger partial charge in [-0.25, -0.2) is 0 Å². The molecule has 3 heteroatoms. The van der Waals surface area contributed by atoms with E-state index in [1.54, 1.807) is 7.11 Å². The summed E-state index contributed by atoms with van der Waals surface area (Å²) >= 11 is 0. The lowest BCUT2D eigenvalue weighted by Gasteiger charge is -2.24. The molecule has 0 saturated carbocycles. The van der Waals surface area contributed by atoms with E-state index in [1.807, 2.05) is 13.1 Å². The lowest BCUT2D eigenvalue weighted by Crippen LogP contribution is -2.26. The lowest BCUT2D eigenvalue weighted by molar-refractivity contribution is 0.414. The Morgan fingerprint density at radius 1 is 1.19 bits per heavy atom. The van der Waals surface area contributed by atoms with Crippen molar-refractivity contribution in [1.82, 2.24) is 4.98 Å². The highest BCUT2D eigenvalue weighted by Crippen LogP contribution is 2.35. The highest BCUT2D eigenvalue weighted by Gasteiger charge is 2.30. The number of anilines is 1. The number of rotatable bonds is 3. The third-order valence-electron chi connectivity index (χ3n) is 4.37. The van der Waals surface area contributed by atoms with Crippen LogP contribution in [0.15, 0.2) is 42.6 Å². The minimum absolute atomic E-state index is 0.555. The molecule has 0 amide bonds. The van der Waals surface area contributed by atoms with E-state index < -0.39 is 0 Å². The number of hydrogen-bond acceptors (Lipinski definition) is 3. The van der Waals surface area contributed by atoms with Crippen molar-refractivity contribution in [3.05, 3.63) is 53.9 Å². The van der Waals surface area contributed by atoms with Crippen LogP contribution in [0.4, 0.5) is 5.69 Å². The molecule has 21 heavy (non-hydrogen) atoms. The molecule has 0 bridgehead atoms. The molecule has 1 aliphatic rings. The van der Waals surface area contributed by atoms with E-state index in [0.29, 0.717) is 12.0 Å². The van der Waals surface area contributed by atoms with E-state index in [0.717, 1.165) is 18.0 Å². The van der Waals surface area contributed by atoms with Gasteiger partial charge in [0, 0.05) is 36.1 Å². The average molecular weight is 282 g/mol. The highest BCUT2D eigenvalue weighted by atomic mass is 16.5. The van der Waals surface area contributed by atoms with Crippen molar-refractivity contribution in [3.63, 3.8) is 0 Å². The Morgan fingerprint density at radius 2 is 1.95 bits per heavy atom. The van der Waals surface area contributed by atoms with Crippen LogP contribution in [0.3, 0.4) is 0 Å². The summed E-state index contributed by atoms with van der Waals surface area (Å²) in [5, 5.41) is 0. The number of benzene rings is 1. The second kappa shape index (κ2) is 5.76. The molecule has 0 spiro atoms. The summed E-state index contributed by atoms with van der Waals surface area (Å²) in [7, 11) is 1.71. The van der Waals surface area contributed by atoms with Gasteiger partial charge in [-0.1, -0.05) is 12.1 Å². The summed E-state index contributed by atoms with van der Waals surface area (Å²) < 4.78 is 5.24. The van der Waals surface area contributed by atoms with Crippen LogP contribution < -0.4 is 9.64 Å². The molecule has 2 atom stereocenters. The molecular weight excluding hydrogens is 260 g/mol. The van der Waals surface area contributed by atoms with E-state index in [2.05, 4.69) is 53.2 Å². The summed E-state index contributed by atoms with van der Waals surface area (Å²) in [4.78, 5) is 6.78. The zero-order valence-corrected chi connectivity index (χ0v) is 12.9. The van der Waals surface area contributed by atoms with Gasteiger partial charge >= 0.3 is 0 Å². The van der Waals surface area contributed by atoms with Crippen LogP contribution in [0.25, 0.3) is 0 Å². The Bertz CT molecular complexity index is 609. The minimum Gasteiger partial charge on any atom is -0.497 e. The normalized spacial score (nSPS) is 21.6. The number of pyridine rings is 1. The second-order valence-electron chi connectivity index (χ2n) is 5.86. The fraction of sp³-hybridized carbons (Fsp3) is 0.389. The van der Waals surface area contributed by atoms with Gasteiger partial charge in [0.1, 0.15) is 5.75 Å². The Labute approximate surface area is 126 Å². The standard InChI is InChI=1S/C18H22N2O/c1-13-10-17(8-9-19-13)20-12-16(11-14(20)2)15-4-6-18(21-3)7-5-15/h4-10,14,16H,11-12H2,1-3H3. The van der Waals surface area contributed by atoms with Crippen LogP contribution >= 0.6 is 0 Å². The van der Waals surface area contributed by atoms with Crippen molar-refractivity contribution in [2.24, 2.45) is 0 Å². The van der Waals surface area contributed by atoms with Crippen LogP contribution in [0.1, 0.15) is 30.5 Å². The molecule has 3 rings (SSSR count). The van der Waals surface area contributed by atoms with Gasteiger partial charge in [-0.05, 0) is 50.1 Å². The van der Waals surface area contributed by atoms with Gasteiger partial charge in [0.2, 0.25) is 0 Å². The average Bonchev–Trinajstić information content (AvgIpc) is 2.89. The van der Waals surface area contributed by atoms with Gasteiger partial charge in [0.25, 0.3) is 0 Å². The Kier molecular flexibility index (Phi) is 3.82. The summed E-state index contributed by atoms with van der Waals surface area (Å²) in [6, 6.07) is 13.3. The Hall–Kier alpha value is -2.03. The first-order chi connectivity index (χ1) is 10.2. The molecule has 1 fully saturated rings. The molecule has 3 nitrogen and oxygen atoms in total. The Balaban J connectivity index is 1.79. The molecule has 0 aliphatic carbocycles. The van der Waals surface area contributed by atoms with Crippen molar-refractivity contribution in [3.8, 4) is 5.75 Å². The third-order valence-corrected chi connectivity index (χ3v) is 4.37. The fourth-order valence-electron chi connectivity index (χ4n) is 3.22. The van der Waals surface area contributed by atoms with Crippen LogP contribution in [-0.4, -0.2) is 24.7 Å². The topological polar surface area (TPSA) is 25.4 Å². The Morgan fingerprint density at radius 3 is 2.62 bits per heavy atom. The summed E-state index contributed by atoms with van der Waals surface area (Å²) in [6.45, 7) is 5.42. The van der Waals surface area contributed by atoms with Crippen molar-refractivity contribution in [1.29, 1.82) is 0 Å². The van der Waals surface area contributed by atoms with Crippen molar-refractivity contribution in [2.75, 3.05) is 18.6 Å². The van der Waals surface area contributed by atoms with Gasteiger partial charge < -0.3 is 9.64 Å². The number of nitrogens with zero attached hydrogens (tertiary/aromatic N) is 2. The molecule has 0 radical (unpaired) electrons. The quantitative estimate of drug-likeness (QED) is 0.856. The predicted octanol–water partition coefficient (Wildman–Crippen LogP) is 3.78. The first-order valence-corrected chi connectivity index (χ1v) is 7.50. The van der Waals surface area contributed by atoms with Crippen molar-refractivity contribution < 1.29 is 4.74 Å². The molecule has 1 aliphatic heterocycles. The van der Waals surface area contributed by atoms with E-state index >= 15 is 0 Å². The number of methoxy groups -OCH3 is 1. The number of aromatic nitrogens is 1. The monoisotopic (exact) mass is 282 g/mol. The maximum atomic E-state index is 5.24. The van der Waals surface area contributed by atoms with Crippen LogP contribution in [0.5, 0.6) is 5.75 Å². The molecule has 110 valence electrons. The van der Waals surface area contributed by atoms with Gasteiger partial charge in [-0.15, -0.1) is 0 Å². The first-order valence-electron chi connectivity index (χ1n) is 7.50. The van der Waals surface area contributed by atoms with E-state index in [4.69, 9.17) is 4.74 Å². The minimum atomic E-state index is 0.555. The van der Waals surface area contributed by atoms with E-state index in [-0.39, 0.29) is 0 Å².